The Kier molecular flexibility index (Phi) is 4.55. The fraction of sp³-hybridized carbons (Fsp3) is 0.0833. The molecule has 0 aliphatic heterocycles. The van der Waals surface area contributed by atoms with Crippen LogP contribution in [0.5, 0.6) is 5.75 Å². The van der Waals surface area contributed by atoms with Crippen molar-refractivity contribution in [2.75, 3.05) is 0 Å². The van der Waals surface area contributed by atoms with Gasteiger partial charge < -0.3 is 10.1 Å². The molecule has 0 aliphatic carbocycles. The van der Waals surface area contributed by atoms with Gasteiger partial charge in [0.05, 0.1) is 11.7 Å². The lowest BCUT2D eigenvalue weighted by atomic mass is 10.00. The maximum Gasteiger partial charge on any atom is 0.231 e. The van der Waals surface area contributed by atoms with Gasteiger partial charge in [-0.25, -0.2) is 4.98 Å². The van der Waals surface area contributed by atoms with Gasteiger partial charge in [0.1, 0.15) is 11.4 Å². The molecule has 4 aromatic heterocycles. The Morgan fingerprint density at radius 3 is 2.77 bits per heavy atom. The molecule has 0 bridgehead atoms. The van der Waals surface area contributed by atoms with Crippen molar-refractivity contribution in [1.82, 2.24) is 19.5 Å². The summed E-state index contributed by atoms with van der Waals surface area (Å²) >= 11 is 0. The fourth-order valence-corrected chi connectivity index (χ4v) is 3.83. The summed E-state index contributed by atoms with van der Waals surface area (Å²) in [7, 11) is 0. The average Bonchev–Trinajstić information content (AvgIpc) is 3.41. The lowest BCUT2D eigenvalue weighted by Gasteiger charge is -2.06. The number of H-pyrrole nitrogens is 1. The fourth-order valence-electron chi connectivity index (χ4n) is 3.83. The zero-order valence-corrected chi connectivity index (χ0v) is 16.4. The van der Waals surface area contributed by atoms with Gasteiger partial charge in [-0.1, -0.05) is 18.2 Å². The minimum atomic E-state index is -0.204. The number of aromatic amines is 1. The lowest BCUT2D eigenvalue weighted by molar-refractivity contribution is 0.0907. The number of rotatable bonds is 5. The number of fused-ring (bicyclic) bond motifs is 2. The van der Waals surface area contributed by atoms with Gasteiger partial charge in [0.2, 0.25) is 5.91 Å². The lowest BCUT2D eigenvalue weighted by Crippen LogP contribution is -2.10. The molecule has 0 fully saturated rings. The molecule has 5 aromatic rings. The highest BCUT2D eigenvalue weighted by Gasteiger charge is 2.19. The Morgan fingerprint density at radius 2 is 1.94 bits per heavy atom. The van der Waals surface area contributed by atoms with Crippen LogP contribution in [0.2, 0.25) is 0 Å². The highest BCUT2D eigenvalue weighted by Crippen LogP contribution is 2.27. The SMILES string of the molecule is O=C(c1c[nH]c2ncc(O)cc12)c1cccc2c1ccn2C(=O)CCc1cccnc1. The first-order chi connectivity index (χ1) is 15.1. The zero-order valence-electron chi connectivity index (χ0n) is 16.4. The van der Waals surface area contributed by atoms with Crippen molar-refractivity contribution in [2.24, 2.45) is 0 Å². The first-order valence-corrected chi connectivity index (χ1v) is 9.85. The average molecular weight is 410 g/mol. The molecule has 0 radical (unpaired) electrons. The molecule has 0 spiro atoms. The molecule has 0 amide bonds. The van der Waals surface area contributed by atoms with E-state index in [1.54, 1.807) is 47.6 Å². The van der Waals surface area contributed by atoms with Crippen LogP contribution in [0.15, 0.2) is 73.4 Å². The molecule has 5 rings (SSSR count). The quantitative estimate of drug-likeness (QED) is 0.425. The van der Waals surface area contributed by atoms with Crippen LogP contribution in [0, 0.1) is 0 Å². The second-order valence-corrected chi connectivity index (χ2v) is 7.30. The van der Waals surface area contributed by atoms with E-state index in [9.17, 15) is 14.7 Å². The Labute approximate surface area is 177 Å². The van der Waals surface area contributed by atoms with E-state index < -0.39 is 0 Å². The van der Waals surface area contributed by atoms with E-state index in [0.29, 0.717) is 45.9 Å². The van der Waals surface area contributed by atoms with Crippen molar-refractivity contribution in [1.29, 1.82) is 0 Å². The van der Waals surface area contributed by atoms with Crippen LogP contribution < -0.4 is 0 Å². The number of hydrogen-bond donors (Lipinski definition) is 2. The third-order valence-electron chi connectivity index (χ3n) is 5.36. The third kappa shape index (κ3) is 3.36. The summed E-state index contributed by atoms with van der Waals surface area (Å²) in [4.78, 5) is 37.3. The van der Waals surface area contributed by atoms with E-state index >= 15 is 0 Å². The molecule has 7 nitrogen and oxygen atoms in total. The van der Waals surface area contributed by atoms with Crippen molar-refractivity contribution in [2.45, 2.75) is 12.8 Å². The molecule has 4 heterocycles. The van der Waals surface area contributed by atoms with Crippen molar-refractivity contribution in [3.63, 3.8) is 0 Å². The Balaban J connectivity index is 1.48. The number of nitrogens with one attached hydrogen (secondary N) is 1. The molecule has 7 heteroatoms. The van der Waals surface area contributed by atoms with Crippen molar-refractivity contribution >= 4 is 33.6 Å². The molecule has 0 aliphatic rings. The topological polar surface area (TPSA) is 101 Å². The third-order valence-corrected chi connectivity index (χ3v) is 5.36. The standard InChI is InChI=1S/C24H18N4O3/c29-16-11-19-20(14-27-24(19)26-13-16)23(31)18-4-1-5-21-17(18)8-10-28(21)22(30)7-6-15-3-2-9-25-12-15/h1-5,8-14,29H,6-7H2,(H,26,27). The number of ketones is 1. The van der Waals surface area contributed by atoms with Crippen molar-refractivity contribution < 1.29 is 14.7 Å². The predicted octanol–water partition coefficient (Wildman–Crippen LogP) is 4.12. The summed E-state index contributed by atoms with van der Waals surface area (Å²) in [5.74, 6) is -0.265. The molecule has 0 atom stereocenters. The van der Waals surface area contributed by atoms with Crippen LogP contribution >= 0.6 is 0 Å². The van der Waals surface area contributed by atoms with Crippen LogP contribution in [-0.4, -0.2) is 36.3 Å². The van der Waals surface area contributed by atoms with Gasteiger partial charge in [0.15, 0.2) is 5.78 Å². The predicted molar refractivity (Wildman–Crippen MR) is 116 cm³/mol. The number of pyridine rings is 2. The number of nitrogens with zero attached hydrogens (tertiary/aromatic N) is 3. The van der Waals surface area contributed by atoms with E-state index in [1.165, 1.54) is 12.3 Å². The molecule has 0 saturated heterocycles. The summed E-state index contributed by atoms with van der Waals surface area (Å²) in [5.41, 5.74) is 3.11. The van der Waals surface area contributed by atoms with E-state index in [2.05, 4.69) is 15.0 Å². The van der Waals surface area contributed by atoms with Gasteiger partial charge in [0, 0.05) is 53.1 Å². The second kappa shape index (κ2) is 7.53. The van der Waals surface area contributed by atoms with Gasteiger partial charge in [0.25, 0.3) is 0 Å². The highest BCUT2D eigenvalue weighted by molar-refractivity contribution is 6.21. The van der Waals surface area contributed by atoms with Gasteiger partial charge in [-0.2, -0.15) is 0 Å². The highest BCUT2D eigenvalue weighted by atomic mass is 16.3. The number of aryl methyl sites for hydroxylation is 1. The van der Waals surface area contributed by atoms with Gasteiger partial charge in [-0.3, -0.25) is 19.1 Å². The van der Waals surface area contributed by atoms with Crippen LogP contribution in [0.25, 0.3) is 21.9 Å². The maximum atomic E-state index is 13.3. The molecular formula is C24H18N4O3. The van der Waals surface area contributed by atoms with Crippen LogP contribution in [-0.2, 0) is 6.42 Å². The summed E-state index contributed by atoms with van der Waals surface area (Å²) in [6, 6.07) is 12.4. The van der Waals surface area contributed by atoms with Gasteiger partial charge in [-0.05, 0) is 36.2 Å². The van der Waals surface area contributed by atoms with Crippen LogP contribution in [0.3, 0.4) is 0 Å². The Hall–Kier alpha value is -4.26. The summed E-state index contributed by atoms with van der Waals surface area (Å²) in [6.07, 6.45) is 9.01. The van der Waals surface area contributed by atoms with Crippen molar-refractivity contribution in [3.05, 3.63) is 90.1 Å². The normalized spacial score (nSPS) is 11.2. The minimum Gasteiger partial charge on any atom is -0.506 e. The molecule has 0 unspecified atom stereocenters. The maximum absolute atomic E-state index is 13.3. The molecule has 31 heavy (non-hydrogen) atoms. The molecule has 0 saturated carbocycles. The van der Waals surface area contributed by atoms with Crippen LogP contribution in [0.4, 0.5) is 0 Å². The second-order valence-electron chi connectivity index (χ2n) is 7.30. The van der Waals surface area contributed by atoms with Gasteiger partial charge >= 0.3 is 0 Å². The summed E-state index contributed by atoms with van der Waals surface area (Å²) < 4.78 is 1.59. The largest absolute Gasteiger partial charge is 0.506 e. The molecular weight excluding hydrogens is 392 g/mol. The number of benzene rings is 1. The Morgan fingerprint density at radius 1 is 1.03 bits per heavy atom. The number of hydrogen-bond acceptors (Lipinski definition) is 5. The molecule has 1 aromatic carbocycles. The van der Waals surface area contributed by atoms with E-state index in [-0.39, 0.29) is 17.4 Å². The smallest absolute Gasteiger partial charge is 0.231 e. The Bertz CT molecular complexity index is 1430. The number of aromatic hydroxyl groups is 1. The number of aromatic nitrogens is 4. The van der Waals surface area contributed by atoms with E-state index in [0.717, 1.165) is 5.56 Å². The van der Waals surface area contributed by atoms with Gasteiger partial charge in [-0.15, -0.1) is 0 Å². The summed E-state index contributed by atoms with van der Waals surface area (Å²) in [5, 5.41) is 11.0. The number of carbonyl (C=O) groups excluding carboxylic acids is 2. The number of carbonyl (C=O) groups is 2. The van der Waals surface area contributed by atoms with E-state index in [4.69, 9.17) is 0 Å². The first-order valence-electron chi connectivity index (χ1n) is 9.85. The van der Waals surface area contributed by atoms with Crippen LogP contribution in [0.1, 0.15) is 32.7 Å². The van der Waals surface area contributed by atoms with Crippen molar-refractivity contribution in [3.8, 4) is 5.75 Å². The molecule has 2 N–H and O–H groups in total. The zero-order chi connectivity index (χ0) is 21.4. The first kappa shape index (κ1) is 18.7. The summed E-state index contributed by atoms with van der Waals surface area (Å²) in [6.45, 7) is 0. The monoisotopic (exact) mass is 410 g/mol. The minimum absolute atomic E-state index is 0.00951. The molecule has 152 valence electrons. The van der Waals surface area contributed by atoms with E-state index in [1.807, 2.05) is 18.2 Å².